The molecule has 2 heterocycles. The van der Waals surface area contributed by atoms with Gasteiger partial charge in [-0.3, -0.25) is 0 Å². The summed E-state index contributed by atoms with van der Waals surface area (Å²) in [7, 11) is 0. The van der Waals surface area contributed by atoms with Gasteiger partial charge >= 0.3 is 0 Å². The lowest BCUT2D eigenvalue weighted by molar-refractivity contribution is 0.607. The minimum Gasteiger partial charge on any atom is -0.313 e. The number of aromatic nitrogens is 4. The molecule has 1 atom stereocenters. The molecule has 1 fully saturated rings. The van der Waals surface area contributed by atoms with Gasteiger partial charge in [0.2, 0.25) is 0 Å². The van der Waals surface area contributed by atoms with Gasteiger partial charge in [-0.25, -0.2) is 4.68 Å². The number of hydrogen-bond acceptors (Lipinski definition) is 4. The van der Waals surface area contributed by atoms with Crippen LogP contribution in [0.1, 0.15) is 42.6 Å². The molecule has 1 aliphatic rings. The van der Waals surface area contributed by atoms with Crippen LogP contribution in [0.5, 0.6) is 0 Å². The van der Waals surface area contributed by atoms with Gasteiger partial charge in [0.25, 0.3) is 0 Å². The largest absolute Gasteiger partial charge is 0.313 e. The standard InChI is InChI=1S/C15H21N5/c1-10(9-16-13-6-7-13)15-11(2)19-20(12(15)3)14-5-4-8-17-18-14/h4-5,8,10,13,16H,6-7,9H2,1-3H3. The Labute approximate surface area is 119 Å². The summed E-state index contributed by atoms with van der Waals surface area (Å²) in [6.07, 6.45) is 4.32. The van der Waals surface area contributed by atoms with Crippen molar-refractivity contribution >= 4 is 0 Å². The van der Waals surface area contributed by atoms with Crippen molar-refractivity contribution in [3.63, 3.8) is 0 Å². The highest BCUT2D eigenvalue weighted by molar-refractivity contribution is 5.34. The Hall–Kier alpha value is -1.75. The maximum absolute atomic E-state index is 4.63. The van der Waals surface area contributed by atoms with Gasteiger partial charge in [0.05, 0.1) is 5.69 Å². The van der Waals surface area contributed by atoms with Crippen molar-refractivity contribution in [3.8, 4) is 5.82 Å². The molecule has 106 valence electrons. The van der Waals surface area contributed by atoms with Gasteiger partial charge in [-0.2, -0.15) is 10.2 Å². The van der Waals surface area contributed by atoms with E-state index in [0.717, 1.165) is 29.8 Å². The molecule has 2 aromatic heterocycles. The molecule has 1 N–H and O–H groups in total. The number of nitrogens with zero attached hydrogens (tertiary/aromatic N) is 4. The van der Waals surface area contributed by atoms with Crippen LogP contribution >= 0.6 is 0 Å². The van der Waals surface area contributed by atoms with Crippen LogP contribution in [0, 0.1) is 13.8 Å². The van der Waals surface area contributed by atoms with Gasteiger partial charge in [-0.1, -0.05) is 6.92 Å². The minimum atomic E-state index is 0.459. The Morgan fingerprint density at radius 3 is 2.85 bits per heavy atom. The van der Waals surface area contributed by atoms with E-state index in [4.69, 9.17) is 0 Å². The molecule has 0 bridgehead atoms. The summed E-state index contributed by atoms with van der Waals surface area (Å²) in [6, 6.07) is 4.56. The second-order valence-corrected chi connectivity index (χ2v) is 5.66. The molecule has 1 unspecified atom stereocenters. The molecule has 20 heavy (non-hydrogen) atoms. The van der Waals surface area contributed by atoms with Gasteiger partial charge in [0, 0.05) is 30.0 Å². The molecule has 0 saturated heterocycles. The number of rotatable bonds is 5. The van der Waals surface area contributed by atoms with Gasteiger partial charge in [0.15, 0.2) is 5.82 Å². The van der Waals surface area contributed by atoms with E-state index < -0.39 is 0 Å². The molecule has 1 aliphatic carbocycles. The van der Waals surface area contributed by atoms with Crippen LogP contribution in [0.4, 0.5) is 0 Å². The van der Waals surface area contributed by atoms with Gasteiger partial charge in [-0.15, -0.1) is 5.10 Å². The Kier molecular flexibility index (Phi) is 3.53. The van der Waals surface area contributed by atoms with Crippen LogP contribution in [0.15, 0.2) is 18.3 Å². The van der Waals surface area contributed by atoms with Gasteiger partial charge < -0.3 is 5.32 Å². The normalized spacial score (nSPS) is 16.4. The minimum absolute atomic E-state index is 0.459. The van der Waals surface area contributed by atoms with E-state index in [1.54, 1.807) is 6.20 Å². The first kappa shape index (κ1) is 13.2. The summed E-state index contributed by atoms with van der Waals surface area (Å²) in [6.45, 7) is 7.45. The lowest BCUT2D eigenvalue weighted by Gasteiger charge is -2.13. The molecule has 5 nitrogen and oxygen atoms in total. The third-order valence-electron chi connectivity index (χ3n) is 3.91. The quantitative estimate of drug-likeness (QED) is 0.905. The Morgan fingerprint density at radius 2 is 2.20 bits per heavy atom. The Bertz CT molecular complexity index is 586. The first-order valence-corrected chi connectivity index (χ1v) is 7.24. The zero-order chi connectivity index (χ0) is 14.1. The molecule has 3 rings (SSSR count). The van der Waals surface area contributed by atoms with E-state index in [2.05, 4.69) is 41.4 Å². The Morgan fingerprint density at radius 1 is 1.40 bits per heavy atom. The van der Waals surface area contributed by atoms with Crippen molar-refractivity contribution in [2.24, 2.45) is 0 Å². The lowest BCUT2D eigenvalue weighted by atomic mass is 9.99. The number of nitrogens with one attached hydrogen (secondary N) is 1. The predicted molar refractivity (Wildman–Crippen MR) is 78.1 cm³/mol. The van der Waals surface area contributed by atoms with Gasteiger partial charge in [-0.05, 0) is 44.7 Å². The monoisotopic (exact) mass is 271 g/mol. The molecule has 0 aliphatic heterocycles. The van der Waals surface area contributed by atoms with Crippen LogP contribution in [0.3, 0.4) is 0 Å². The third kappa shape index (κ3) is 2.58. The molecule has 2 aromatic rings. The van der Waals surface area contributed by atoms with Crippen molar-refractivity contribution in [1.82, 2.24) is 25.3 Å². The fourth-order valence-electron chi connectivity index (χ4n) is 2.73. The van der Waals surface area contributed by atoms with E-state index in [9.17, 15) is 0 Å². The fourth-order valence-corrected chi connectivity index (χ4v) is 2.73. The lowest BCUT2D eigenvalue weighted by Crippen LogP contribution is -2.22. The van der Waals surface area contributed by atoms with E-state index in [1.807, 2.05) is 16.8 Å². The molecule has 1 saturated carbocycles. The molecule has 0 amide bonds. The van der Waals surface area contributed by atoms with Crippen LogP contribution in [0.2, 0.25) is 0 Å². The average Bonchev–Trinajstić information content (AvgIpc) is 3.23. The first-order chi connectivity index (χ1) is 9.66. The van der Waals surface area contributed by atoms with Crippen molar-refractivity contribution < 1.29 is 0 Å². The average molecular weight is 271 g/mol. The third-order valence-corrected chi connectivity index (χ3v) is 3.91. The van der Waals surface area contributed by atoms with E-state index in [1.165, 1.54) is 18.4 Å². The zero-order valence-corrected chi connectivity index (χ0v) is 12.3. The zero-order valence-electron chi connectivity index (χ0n) is 12.3. The van der Waals surface area contributed by atoms with E-state index in [0.29, 0.717) is 5.92 Å². The van der Waals surface area contributed by atoms with Crippen LogP contribution in [0.25, 0.3) is 5.82 Å². The van der Waals surface area contributed by atoms with Crippen molar-refractivity contribution in [2.45, 2.75) is 45.6 Å². The van der Waals surface area contributed by atoms with Crippen LogP contribution < -0.4 is 5.32 Å². The van der Waals surface area contributed by atoms with Crippen molar-refractivity contribution in [3.05, 3.63) is 35.3 Å². The highest BCUT2D eigenvalue weighted by Gasteiger charge is 2.23. The smallest absolute Gasteiger partial charge is 0.175 e. The summed E-state index contributed by atoms with van der Waals surface area (Å²) in [5.41, 5.74) is 3.56. The maximum atomic E-state index is 4.63. The van der Waals surface area contributed by atoms with Crippen molar-refractivity contribution in [1.29, 1.82) is 0 Å². The topological polar surface area (TPSA) is 55.6 Å². The van der Waals surface area contributed by atoms with E-state index >= 15 is 0 Å². The first-order valence-electron chi connectivity index (χ1n) is 7.24. The molecular weight excluding hydrogens is 250 g/mol. The highest BCUT2D eigenvalue weighted by atomic mass is 15.3. The molecule has 0 spiro atoms. The highest BCUT2D eigenvalue weighted by Crippen LogP contribution is 2.26. The molecular formula is C15H21N5. The number of aryl methyl sites for hydroxylation is 1. The van der Waals surface area contributed by atoms with Crippen LogP contribution in [-0.4, -0.2) is 32.6 Å². The van der Waals surface area contributed by atoms with E-state index in [-0.39, 0.29) is 0 Å². The summed E-state index contributed by atoms with van der Waals surface area (Å²) < 4.78 is 1.89. The number of hydrogen-bond donors (Lipinski definition) is 1. The second-order valence-electron chi connectivity index (χ2n) is 5.66. The van der Waals surface area contributed by atoms with Crippen LogP contribution in [-0.2, 0) is 0 Å². The van der Waals surface area contributed by atoms with Gasteiger partial charge in [0.1, 0.15) is 0 Å². The second kappa shape index (κ2) is 5.32. The van der Waals surface area contributed by atoms with Crippen molar-refractivity contribution in [2.75, 3.05) is 6.54 Å². The SMILES string of the molecule is Cc1nn(-c2cccnn2)c(C)c1C(C)CNC1CC1. The summed E-state index contributed by atoms with van der Waals surface area (Å²) in [4.78, 5) is 0. The fraction of sp³-hybridized carbons (Fsp3) is 0.533. The molecule has 0 radical (unpaired) electrons. The summed E-state index contributed by atoms with van der Waals surface area (Å²) in [5, 5.41) is 16.3. The molecule has 5 heteroatoms. The Balaban J connectivity index is 1.86. The summed E-state index contributed by atoms with van der Waals surface area (Å²) >= 11 is 0. The summed E-state index contributed by atoms with van der Waals surface area (Å²) in [5.74, 6) is 1.24. The molecule has 0 aromatic carbocycles. The maximum Gasteiger partial charge on any atom is 0.175 e. The predicted octanol–water partition coefficient (Wildman–Crippen LogP) is 2.13.